The number of piperazine rings is 1. The Morgan fingerprint density at radius 1 is 1.40 bits per heavy atom. The van der Waals surface area contributed by atoms with E-state index >= 15 is 0 Å². The van der Waals surface area contributed by atoms with Gasteiger partial charge in [0, 0.05) is 38.8 Å². The first-order valence-corrected chi connectivity index (χ1v) is 4.97. The highest BCUT2D eigenvalue weighted by molar-refractivity contribution is 5.78. The van der Waals surface area contributed by atoms with Gasteiger partial charge >= 0.3 is 5.97 Å². The normalized spacial score (nSPS) is 17.7. The largest absolute Gasteiger partial charge is 0.478 e. The first-order chi connectivity index (χ1) is 7.10. The molecule has 1 heterocycles. The Morgan fingerprint density at radius 3 is 2.20 bits per heavy atom. The summed E-state index contributed by atoms with van der Waals surface area (Å²) in [6.45, 7) is 8.59. The van der Waals surface area contributed by atoms with E-state index in [2.05, 4.69) is 23.4 Å². The van der Waals surface area contributed by atoms with Gasteiger partial charge in [0.1, 0.15) is 0 Å². The number of hydrogen-bond donors (Lipinski definition) is 2. The maximum absolute atomic E-state index is 9.25. The smallest absolute Gasteiger partial charge is 0.327 e. The monoisotopic (exact) mass is 216 g/mol. The van der Waals surface area contributed by atoms with Crippen LogP contribution < -0.4 is 0 Å². The van der Waals surface area contributed by atoms with Crippen molar-refractivity contribution >= 4 is 5.97 Å². The van der Waals surface area contributed by atoms with E-state index in [1.807, 2.05) is 0 Å². The molecule has 88 valence electrons. The molecule has 0 aromatic carbocycles. The molecule has 0 atom stereocenters. The summed E-state index contributed by atoms with van der Waals surface area (Å²) in [6.07, 6.45) is 0.833. The molecule has 0 bridgehead atoms. The zero-order chi connectivity index (χ0) is 11.7. The third-order valence-electron chi connectivity index (χ3n) is 2.19. The zero-order valence-corrected chi connectivity index (χ0v) is 9.22. The van der Waals surface area contributed by atoms with Crippen molar-refractivity contribution < 1.29 is 15.0 Å². The summed E-state index contributed by atoms with van der Waals surface area (Å²) in [5.74, 6) is -0.981. The summed E-state index contributed by atoms with van der Waals surface area (Å²) in [5.41, 5.74) is 0. The Hall–Kier alpha value is -0.910. The second kappa shape index (κ2) is 8.40. The lowest BCUT2D eigenvalue weighted by atomic mass is 10.3. The van der Waals surface area contributed by atoms with Crippen LogP contribution in [-0.4, -0.2) is 72.4 Å². The van der Waals surface area contributed by atoms with Gasteiger partial charge in [0.15, 0.2) is 0 Å². The molecule has 1 rings (SSSR count). The highest BCUT2D eigenvalue weighted by Gasteiger charge is 2.11. The van der Waals surface area contributed by atoms with E-state index in [-0.39, 0.29) is 0 Å². The molecule has 0 saturated carbocycles. The van der Waals surface area contributed by atoms with Crippen LogP contribution in [0.4, 0.5) is 0 Å². The van der Waals surface area contributed by atoms with E-state index in [0.717, 1.165) is 38.8 Å². The Balaban J connectivity index is 0.000000336. The SMILES string of the molecule is C=CC(=O)O.CN1CCN(CCO)CC1. The number of hydrogen-bond acceptors (Lipinski definition) is 4. The molecule has 1 saturated heterocycles. The number of aliphatic hydroxyl groups is 1. The highest BCUT2D eigenvalue weighted by Crippen LogP contribution is 1.96. The maximum Gasteiger partial charge on any atom is 0.327 e. The lowest BCUT2D eigenvalue weighted by Crippen LogP contribution is -2.45. The van der Waals surface area contributed by atoms with Gasteiger partial charge < -0.3 is 15.1 Å². The van der Waals surface area contributed by atoms with Crippen LogP contribution >= 0.6 is 0 Å². The van der Waals surface area contributed by atoms with Gasteiger partial charge in [-0.1, -0.05) is 6.58 Å². The van der Waals surface area contributed by atoms with Gasteiger partial charge in [0.05, 0.1) is 6.61 Å². The fourth-order valence-corrected chi connectivity index (χ4v) is 1.21. The average Bonchev–Trinajstić information content (AvgIpc) is 2.23. The third-order valence-corrected chi connectivity index (χ3v) is 2.19. The zero-order valence-electron chi connectivity index (χ0n) is 9.22. The molecule has 0 aromatic rings. The fraction of sp³-hybridized carbons (Fsp3) is 0.700. The minimum Gasteiger partial charge on any atom is -0.478 e. The van der Waals surface area contributed by atoms with Gasteiger partial charge in [-0.05, 0) is 7.05 Å². The first kappa shape index (κ1) is 14.1. The van der Waals surface area contributed by atoms with Crippen LogP contribution in [-0.2, 0) is 4.79 Å². The lowest BCUT2D eigenvalue weighted by molar-refractivity contribution is -0.131. The van der Waals surface area contributed by atoms with Crippen LogP contribution in [0.25, 0.3) is 0 Å². The van der Waals surface area contributed by atoms with Crippen molar-refractivity contribution in [3.63, 3.8) is 0 Å². The second-order valence-electron chi connectivity index (χ2n) is 3.41. The quantitative estimate of drug-likeness (QED) is 0.622. The van der Waals surface area contributed by atoms with Gasteiger partial charge in [-0.15, -0.1) is 0 Å². The molecule has 5 heteroatoms. The van der Waals surface area contributed by atoms with E-state index in [1.165, 1.54) is 0 Å². The summed E-state index contributed by atoms with van der Waals surface area (Å²) >= 11 is 0. The summed E-state index contributed by atoms with van der Waals surface area (Å²) in [7, 11) is 2.14. The van der Waals surface area contributed by atoms with E-state index < -0.39 is 5.97 Å². The van der Waals surface area contributed by atoms with Crippen molar-refractivity contribution in [2.24, 2.45) is 0 Å². The first-order valence-electron chi connectivity index (χ1n) is 4.97. The lowest BCUT2D eigenvalue weighted by Gasteiger charge is -2.31. The minimum absolute atomic E-state index is 0.295. The number of β-amino-alcohol motifs (C(OH)–C–C–N with tert-alkyl or cyclic N) is 1. The summed E-state index contributed by atoms with van der Waals surface area (Å²) in [5, 5.41) is 16.2. The fourth-order valence-electron chi connectivity index (χ4n) is 1.21. The van der Waals surface area contributed by atoms with Crippen molar-refractivity contribution in [3.8, 4) is 0 Å². The van der Waals surface area contributed by atoms with Crippen molar-refractivity contribution in [2.75, 3.05) is 46.4 Å². The van der Waals surface area contributed by atoms with Gasteiger partial charge in [-0.3, -0.25) is 4.90 Å². The standard InChI is InChI=1S/C7H16N2O.C3H4O2/c1-8-2-4-9(5-3-8)6-7-10;1-2-3(4)5/h10H,2-7H2,1H3;2H,1H2,(H,4,5). The van der Waals surface area contributed by atoms with Crippen molar-refractivity contribution in [3.05, 3.63) is 12.7 Å². The molecule has 0 radical (unpaired) electrons. The molecule has 15 heavy (non-hydrogen) atoms. The van der Waals surface area contributed by atoms with Crippen LogP contribution in [0.2, 0.25) is 0 Å². The Bertz CT molecular complexity index is 189. The summed E-state index contributed by atoms with van der Waals surface area (Å²) in [6, 6.07) is 0. The Kier molecular flexibility index (Phi) is 7.89. The van der Waals surface area contributed by atoms with E-state index in [1.54, 1.807) is 0 Å². The molecule has 1 aliphatic heterocycles. The molecule has 2 N–H and O–H groups in total. The van der Waals surface area contributed by atoms with Crippen LogP contribution in [0.1, 0.15) is 0 Å². The van der Waals surface area contributed by atoms with Gasteiger partial charge in [0.2, 0.25) is 0 Å². The third kappa shape index (κ3) is 8.11. The highest BCUT2D eigenvalue weighted by atomic mass is 16.4. The van der Waals surface area contributed by atoms with E-state index in [9.17, 15) is 4.79 Å². The van der Waals surface area contributed by atoms with E-state index in [0.29, 0.717) is 6.61 Å². The predicted octanol–water partition coefficient (Wildman–Crippen LogP) is -0.517. The van der Waals surface area contributed by atoms with Gasteiger partial charge in [-0.2, -0.15) is 0 Å². The maximum atomic E-state index is 9.25. The van der Waals surface area contributed by atoms with Crippen LogP contribution in [0, 0.1) is 0 Å². The Labute approximate surface area is 90.6 Å². The molecule has 0 amide bonds. The molecule has 0 spiro atoms. The number of likely N-dealkylation sites (N-methyl/N-ethyl adjacent to an activating group) is 1. The number of carboxylic acid groups (broad SMARTS) is 1. The Morgan fingerprint density at radius 2 is 1.87 bits per heavy atom. The second-order valence-corrected chi connectivity index (χ2v) is 3.41. The molecule has 1 fully saturated rings. The van der Waals surface area contributed by atoms with Crippen molar-refractivity contribution in [1.29, 1.82) is 0 Å². The number of carboxylic acids is 1. The number of aliphatic hydroxyl groups excluding tert-OH is 1. The molecule has 0 unspecified atom stereocenters. The molecular weight excluding hydrogens is 196 g/mol. The number of carbonyl (C=O) groups is 1. The molecule has 5 nitrogen and oxygen atoms in total. The van der Waals surface area contributed by atoms with Crippen LogP contribution in [0.5, 0.6) is 0 Å². The average molecular weight is 216 g/mol. The number of aliphatic carboxylic acids is 1. The predicted molar refractivity (Wildman–Crippen MR) is 58.9 cm³/mol. The van der Waals surface area contributed by atoms with E-state index in [4.69, 9.17) is 10.2 Å². The van der Waals surface area contributed by atoms with Crippen LogP contribution in [0.3, 0.4) is 0 Å². The minimum atomic E-state index is -0.981. The van der Waals surface area contributed by atoms with Crippen molar-refractivity contribution in [2.45, 2.75) is 0 Å². The topological polar surface area (TPSA) is 64.0 Å². The molecular formula is C10H20N2O3. The van der Waals surface area contributed by atoms with Gasteiger partial charge in [0.25, 0.3) is 0 Å². The summed E-state index contributed by atoms with van der Waals surface area (Å²) < 4.78 is 0. The van der Waals surface area contributed by atoms with Gasteiger partial charge in [-0.25, -0.2) is 4.79 Å². The molecule has 0 aromatic heterocycles. The number of rotatable bonds is 3. The number of nitrogens with zero attached hydrogens (tertiary/aromatic N) is 2. The van der Waals surface area contributed by atoms with Crippen LogP contribution in [0.15, 0.2) is 12.7 Å². The molecule has 1 aliphatic rings. The summed E-state index contributed by atoms with van der Waals surface area (Å²) in [4.78, 5) is 13.9. The molecule has 0 aliphatic carbocycles. The van der Waals surface area contributed by atoms with Crippen molar-refractivity contribution in [1.82, 2.24) is 9.80 Å².